The Balaban J connectivity index is 1.94. The van der Waals surface area contributed by atoms with Gasteiger partial charge in [-0.15, -0.1) is 0 Å². The first kappa shape index (κ1) is 18.0. The lowest BCUT2D eigenvalue weighted by Crippen LogP contribution is -2.29. The van der Waals surface area contributed by atoms with E-state index in [1.807, 2.05) is 31.2 Å². The van der Waals surface area contributed by atoms with Crippen LogP contribution in [0.3, 0.4) is 0 Å². The molecule has 3 rings (SSSR count). The van der Waals surface area contributed by atoms with Crippen LogP contribution in [-0.4, -0.2) is 15.5 Å². The smallest absolute Gasteiger partial charge is 0.253 e. The number of carbonyl (C=O) groups excluding carboxylic acids is 1. The van der Waals surface area contributed by atoms with Gasteiger partial charge in [-0.25, -0.2) is 4.98 Å². The van der Waals surface area contributed by atoms with Crippen molar-refractivity contribution < 1.29 is 4.79 Å². The maximum absolute atomic E-state index is 12.7. The number of halogens is 2. The largest absolute Gasteiger partial charge is 0.342 e. The van der Waals surface area contributed by atoms with E-state index < -0.39 is 0 Å². The van der Waals surface area contributed by atoms with Crippen LogP contribution in [-0.2, 0) is 0 Å². The fourth-order valence-corrected chi connectivity index (χ4v) is 3.52. The first-order chi connectivity index (χ1) is 11.9. The van der Waals surface area contributed by atoms with Crippen LogP contribution >= 0.6 is 27.5 Å². The molecular weight excluding hydrogens is 402 g/mol. The molecule has 0 spiro atoms. The van der Waals surface area contributed by atoms with E-state index in [-0.39, 0.29) is 18.0 Å². The Hall–Kier alpha value is -1.85. The van der Waals surface area contributed by atoms with Crippen LogP contribution in [0.2, 0.25) is 5.02 Å². The van der Waals surface area contributed by atoms with Crippen LogP contribution in [0, 0.1) is 0 Å². The molecule has 1 atom stereocenters. The van der Waals surface area contributed by atoms with E-state index in [2.05, 4.69) is 39.7 Å². The zero-order valence-electron chi connectivity index (χ0n) is 14.3. The summed E-state index contributed by atoms with van der Waals surface area (Å²) in [5, 5.41) is 3.55. The molecule has 1 amide bonds. The summed E-state index contributed by atoms with van der Waals surface area (Å²) in [5.74, 6) is 0.645. The number of carbonyl (C=O) groups is 1. The Morgan fingerprint density at radius 1 is 1.20 bits per heavy atom. The van der Waals surface area contributed by atoms with E-state index in [0.29, 0.717) is 15.1 Å². The van der Waals surface area contributed by atoms with Gasteiger partial charge in [-0.1, -0.05) is 23.7 Å². The highest BCUT2D eigenvalue weighted by atomic mass is 79.9. The highest BCUT2D eigenvalue weighted by molar-refractivity contribution is 9.10. The summed E-state index contributed by atoms with van der Waals surface area (Å²) >= 11 is 9.42. The van der Waals surface area contributed by atoms with Gasteiger partial charge in [-0.3, -0.25) is 4.79 Å². The van der Waals surface area contributed by atoms with E-state index >= 15 is 0 Å². The molecule has 0 saturated heterocycles. The van der Waals surface area contributed by atoms with Crippen LogP contribution in [0.15, 0.2) is 46.9 Å². The van der Waals surface area contributed by atoms with Gasteiger partial charge in [0.25, 0.3) is 5.91 Å². The van der Waals surface area contributed by atoms with Crippen molar-refractivity contribution in [1.82, 2.24) is 14.9 Å². The van der Waals surface area contributed by atoms with Gasteiger partial charge < -0.3 is 9.88 Å². The van der Waals surface area contributed by atoms with E-state index in [1.54, 1.807) is 18.2 Å². The van der Waals surface area contributed by atoms with Crippen LogP contribution < -0.4 is 5.32 Å². The molecule has 4 nitrogen and oxygen atoms in total. The molecule has 0 aliphatic rings. The maximum Gasteiger partial charge on any atom is 0.253 e. The highest BCUT2D eigenvalue weighted by Gasteiger charge is 2.21. The number of nitrogens with one attached hydrogen (secondary N) is 1. The number of aromatic nitrogens is 2. The molecule has 1 heterocycles. The number of para-hydroxylation sites is 2. The standard InChI is InChI=1S/C19H19BrClN3O/c1-11(2)24-17-7-5-4-6-16(17)23-18(24)12(3)22-19(25)14-10-13(21)8-9-15(14)20/h4-12H,1-3H3,(H,22,25). The molecule has 0 bridgehead atoms. The highest BCUT2D eigenvalue weighted by Crippen LogP contribution is 2.26. The first-order valence-corrected chi connectivity index (χ1v) is 9.28. The van der Waals surface area contributed by atoms with Crippen molar-refractivity contribution in [2.75, 3.05) is 0 Å². The molecule has 6 heteroatoms. The van der Waals surface area contributed by atoms with Crippen LogP contribution in [0.25, 0.3) is 11.0 Å². The number of benzene rings is 2. The summed E-state index contributed by atoms with van der Waals surface area (Å²) in [6, 6.07) is 13.2. The predicted molar refractivity (Wildman–Crippen MR) is 105 cm³/mol. The fraction of sp³-hybridized carbons (Fsp3) is 0.263. The zero-order chi connectivity index (χ0) is 18.1. The quantitative estimate of drug-likeness (QED) is 0.603. The topological polar surface area (TPSA) is 46.9 Å². The maximum atomic E-state index is 12.7. The average molecular weight is 421 g/mol. The first-order valence-electron chi connectivity index (χ1n) is 8.11. The van der Waals surface area contributed by atoms with Crippen LogP contribution in [0.5, 0.6) is 0 Å². The number of hydrogen-bond acceptors (Lipinski definition) is 2. The third kappa shape index (κ3) is 3.58. The normalized spacial score (nSPS) is 12.6. The second kappa shape index (κ2) is 7.18. The van der Waals surface area contributed by atoms with Crippen molar-refractivity contribution in [3.05, 3.63) is 63.3 Å². The van der Waals surface area contributed by atoms with Crippen LogP contribution in [0.4, 0.5) is 0 Å². The average Bonchev–Trinajstić information content (AvgIpc) is 2.96. The van der Waals surface area contributed by atoms with Gasteiger partial charge >= 0.3 is 0 Å². The third-order valence-electron chi connectivity index (χ3n) is 4.05. The Morgan fingerprint density at radius 2 is 1.92 bits per heavy atom. The van der Waals surface area contributed by atoms with Crippen molar-refractivity contribution >= 4 is 44.5 Å². The van der Waals surface area contributed by atoms with Gasteiger partial charge in [-0.2, -0.15) is 0 Å². The second-order valence-electron chi connectivity index (χ2n) is 6.24. The molecular formula is C19H19BrClN3O. The van der Waals surface area contributed by atoms with Gasteiger partial charge in [0, 0.05) is 15.5 Å². The van der Waals surface area contributed by atoms with Gasteiger partial charge in [0.15, 0.2) is 0 Å². The van der Waals surface area contributed by atoms with Crippen molar-refractivity contribution in [2.45, 2.75) is 32.9 Å². The second-order valence-corrected chi connectivity index (χ2v) is 7.53. The third-order valence-corrected chi connectivity index (χ3v) is 4.97. The molecule has 1 unspecified atom stereocenters. The molecule has 0 fully saturated rings. The van der Waals surface area contributed by atoms with Gasteiger partial charge in [0.05, 0.1) is 22.6 Å². The Kier molecular flexibility index (Phi) is 5.16. The Bertz CT molecular complexity index is 936. The van der Waals surface area contributed by atoms with Gasteiger partial charge in [0.1, 0.15) is 5.82 Å². The van der Waals surface area contributed by atoms with E-state index in [4.69, 9.17) is 16.6 Å². The predicted octanol–water partition coefficient (Wildman–Crippen LogP) is 5.52. The molecule has 0 saturated carbocycles. The number of hydrogen-bond donors (Lipinski definition) is 1. The molecule has 0 radical (unpaired) electrons. The van der Waals surface area contributed by atoms with Crippen LogP contribution in [0.1, 0.15) is 49.0 Å². The summed E-state index contributed by atoms with van der Waals surface area (Å²) in [6.45, 7) is 6.16. The minimum Gasteiger partial charge on any atom is -0.342 e. The number of nitrogens with zero attached hydrogens (tertiary/aromatic N) is 2. The molecule has 3 aromatic rings. The number of fused-ring (bicyclic) bond motifs is 1. The summed E-state index contributed by atoms with van der Waals surface area (Å²) in [6.07, 6.45) is 0. The minimum absolute atomic E-state index is 0.191. The molecule has 1 N–H and O–H groups in total. The Morgan fingerprint density at radius 3 is 2.64 bits per heavy atom. The summed E-state index contributed by atoms with van der Waals surface area (Å²) < 4.78 is 2.87. The number of amides is 1. The van der Waals surface area contributed by atoms with Crippen molar-refractivity contribution in [3.8, 4) is 0 Å². The minimum atomic E-state index is -0.242. The van der Waals surface area contributed by atoms with Crippen molar-refractivity contribution in [3.63, 3.8) is 0 Å². The Labute approximate surface area is 160 Å². The fourth-order valence-electron chi connectivity index (χ4n) is 2.92. The van der Waals surface area contributed by atoms with Gasteiger partial charge in [0.2, 0.25) is 0 Å². The number of imidazole rings is 1. The molecule has 0 aliphatic carbocycles. The van der Waals surface area contributed by atoms with E-state index in [1.165, 1.54) is 0 Å². The monoisotopic (exact) mass is 419 g/mol. The van der Waals surface area contributed by atoms with E-state index in [9.17, 15) is 4.79 Å². The van der Waals surface area contributed by atoms with Crippen molar-refractivity contribution in [1.29, 1.82) is 0 Å². The molecule has 25 heavy (non-hydrogen) atoms. The summed E-state index contributed by atoms with van der Waals surface area (Å²) in [5.41, 5.74) is 2.50. The zero-order valence-corrected chi connectivity index (χ0v) is 16.6. The molecule has 1 aromatic heterocycles. The summed E-state index contributed by atoms with van der Waals surface area (Å²) in [4.78, 5) is 17.4. The summed E-state index contributed by atoms with van der Waals surface area (Å²) in [7, 11) is 0. The lowest BCUT2D eigenvalue weighted by Gasteiger charge is -2.19. The SMILES string of the molecule is CC(NC(=O)c1cc(Cl)ccc1Br)c1nc2ccccc2n1C(C)C. The van der Waals surface area contributed by atoms with Crippen molar-refractivity contribution in [2.24, 2.45) is 0 Å². The lowest BCUT2D eigenvalue weighted by molar-refractivity contribution is 0.0936. The molecule has 0 aliphatic heterocycles. The van der Waals surface area contributed by atoms with E-state index in [0.717, 1.165) is 16.9 Å². The number of rotatable bonds is 4. The lowest BCUT2D eigenvalue weighted by atomic mass is 10.2. The molecule has 2 aromatic carbocycles. The molecule has 130 valence electrons. The van der Waals surface area contributed by atoms with Gasteiger partial charge in [-0.05, 0) is 67.0 Å².